The molecule has 29 heavy (non-hydrogen) atoms. The molecule has 0 aliphatic heterocycles. The van der Waals surface area contributed by atoms with Gasteiger partial charge in [-0.2, -0.15) is 14.7 Å². The van der Waals surface area contributed by atoms with E-state index in [4.69, 9.17) is 29.3 Å². The monoisotopic (exact) mass is 420 g/mol. The molecule has 0 bridgehead atoms. The van der Waals surface area contributed by atoms with Crippen molar-refractivity contribution in [1.82, 2.24) is 0 Å². The van der Waals surface area contributed by atoms with Gasteiger partial charge in [-0.1, -0.05) is 80.1 Å². The van der Waals surface area contributed by atoms with Crippen LogP contribution in [-0.4, -0.2) is 25.8 Å². The topological polar surface area (TPSA) is 55.4 Å². The van der Waals surface area contributed by atoms with Crippen molar-refractivity contribution in [2.75, 3.05) is 19.8 Å². The molecule has 0 amide bonds. The van der Waals surface area contributed by atoms with E-state index >= 15 is 0 Å². The lowest BCUT2D eigenvalue weighted by atomic mass is 9.89. The van der Waals surface area contributed by atoms with Crippen LogP contribution in [0.3, 0.4) is 0 Å². The molecule has 0 aliphatic rings. The van der Waals surface area contributed by atoms with E-state index in [9.17, 15) is 0 Å². The summed E-state index contributed by atoms with van der Waals surface area (Å²) in [5, 5.41) is 0. The normalized spacial score (nSPS) is 13.3. The number of unbranched alkanes of at least 4 members (excludes halogenated alkanes) is 5. The Morgan fingerprint density at radius 3 is 1.45 bits per heavy atom. The summed E-state index contributed by atoms with van der Waals surface area (Å²) in [7, 11) is 0. The molecule has 1 unspecified atom stereocenters. The van der Waals surface area contributed by atoms with Crippen LogP contribution in [0.15, 0.2) is 0 Å². The molecule has 0 aromatic heterocycles. The molecule has 0 radical (unpaired) electrons. The van der Waals surface area contributed by atoms with Gasteiger partial charge in [0.25, 0.3) is 0 Å². The fourth-order valence-electron chi connectivity index (χ4n) is 3.05. The van der Waals surface area contributed by atoms with Gasteiger partial charge in [-0.3, -0.25) is 0 Å². The Morgan fingerprint density at radius 2 is 1.03 bits per heavy atom. The lowest BCUT2D eigenvalue weighted by Gasteiger charge is -2.36. The average molecular weight is 421 g/mol. The van der Waals surface area contributed by atoms with E-state index in [0.717, 1.165) is 38.5 Å². The molecule has 0 spiro atoms. The minimum absolute atomic E-state index is 0.0701. The Balaban J connectivity index is 5.24. The molecule has 0 aromatic carbocycles. The number of hydrogen-bond donors (Lipinski definition) is 0. The molecule has 0 fully saturated rings. The summed E-state index contributed by atoms with van der Waals surface area (Å²) < 4.78 is 0. The fourth-order valence-corrected chi connectivity index (χ4v) is 3.05. The van der Waals surface area contributed by atoms with Crippen LogP contribution >= 0.6 is 0 Å². The SMILES string of the molecule is CCCCCCCCC(CC(C)C)C(OOCCC)(OOCCC)OOCCC. The van der Waals surface area contributed by atoms with Crippen molar-refractivity contribution in [2.45, 2.75) is 118 Å². The van der Waals surface area contributed by atoms with Crippen molar-refractivity contribution in [3.63, 3.8) is 0 Å². The zero-order valence-corrected chi connectivity index (χ0v) is 20.0. The average Bonchev–Trinajstić information content (AvgIpc) is 2.69. The van der Waals surface area contributed by atoms with Crippen LogP contribution in [0, 0.1) is 11.8 Å². The summed E-state index contributed by atoms with van der Waals surface area (Å²) in [5.74, 6) is -1.15. The molecule has 0 saturated heterocycles. The summed E-state index contributed by atoms with van der Waals surface area (Å²) in [6, 6.07) is 0. The van der Waals surface area contributed by atoms with Gasteiger partial charge in [0.2, 0.25) is 0 Å². The van der Waals surface area contributed by atoms with Crippen molar-refractivity contribution in [3.8, 4) is 0 Å². The van der Waals surface area contributed by atoms with Crippen molar-refractivity contribution in [2.24, 2.45) is 11.8 Å². The van der Waals surface area contributed by atoms with Crippen LogP contribution in [0.5, 0.6) is 0 Å². The molecule has 0 saturated carbocycles. The fraction of sp³-hybridized carbons (Fsp3) is 1.00. The van der Waals surface area contributed by atoms with Gasteiger partial charge < -0.3 is 0 Å². The Morgan fingerprint density at radius 1 is 0.586 bits per heavy atom. The smallest absolute Gasteiger partial charge is 0.231 e. The highest BCUT2D eigenvalue weighted by Gasteiger charge is 2.47. The zero-order chi connectivity index (χ0) is 21.8. The lowest BCUT2D eigenvalue weighted by molar-refractivity contribution is -0.644. The Bertz CT molecular complexity index is 311. The number of hydrogen-bond acceptors (Lipinski definition) is 6. The minimum Gasteiger partial charge on any atom is -0.231 e. The molecule has 6 heteroatoms. The molecule has 1 atom stereocenters. The van der Waals surface area contributed by atoms with Crippen LogP contribution < -0.4 is 0 Å². The maximum Gasteiger partial charge on any atom is 0.368 e. The molecule has 0 rings (SSSR count). The molecular weight excluding hydrogens is 372 g/mol. The van der Waals surface area contributed by atoms with Gasteiger partial charge in [0.1, 0.15) is 0 Å². The first kappa shape index (κ1) is 28.8. The maximum atomic E-state index is 5.73. The van der Waals surface area contributed by atoms with Gasteiger partial charge in [0.05, 0.1) is 19.8 Å². The van der Waals surface area contributed by atoms with Gasteiger partial charge in [-0.05, 0) is 38.0 Å². The Kier molecular flexibility index (Phi) is 19.5. The second-order valence-corrected chi connectivity index (χ2v) is 8.20. The summed E-state index contributed by atoms with van der Waals surface area (Å²) in [4.78, 5) is 33.4. The zero-order valence-electron chi connectivity index (χ0n) is 20.0. The molecule has 0 N–H and O–H groups in total. The molecule has 0 heterocycles. The first-order valence-electron chi connectivity index (χ1n) is 12.0. The predicted octanol–water partition coefficient (Wildman–Crippen LogP) is 7.13. The summed E-state index contributed by atoms with van der Waals surface area (Å²) in [6.45, 7) is 14.0. The third kappa shape index (κ3) is 14.4. The van der Waals surface area contributed by atoms with E-state index in [1.807, 2.05) is 20.8 Å². The summed E-state index contributed by atoms with van der Waals surface area (Å²) >= 11 is 0. The standard InChI is InChI=1S/C23H48O6/c1-7-11-12-13-14-15-16-22(20-21(5)6)23(27-24-17-8-2,28-25-18-9-3)29-26-19-10-4/h21-22H,7-20H2,1-6H3. The third-order valence-corrected chi connectivity index (χ3v) is 4.55. The van der Waals surface area contributed by atoms with Crippen LogP contribution in [-0.2, 0) is 29.3 Å². The quantitative estimate of drug-likeness (QED) is 0.0803. The van der Waals surface area contributed by atoms with Gasteiger partial charge in [-0.15, -0.1) is 0 Å². The summed E-state index contributed by atoms with van der Waals surface area (Å²) in [5.41, 5.74) is 0. The summed E-state index contributed by atoms with van der Waals surface area (Å²) in [6.07, 6.45) is 11.6. The first-order chi connectivity index (χ1) is 14.1. The largest absolute Gasteiger partial charge is 0.368 e. The maximum absolute atomic E-state index is 5.73. The van der Waals surface area contributed by atoms with Crippen molar-refractivity contribution in [3.05, 3.63) is 0 Å². The highest BCUT2D eigenvalue weighted by atomic mass is 17.4. The van der Waals surface area contributed by atoms with Gasteiger partial charge in [0.15, 0.2) is 0 Å². The van der Waals surface area contributed by atoms with Crippen LogP contribution in [0.4, 0.5) is 0 Å². The van der Waals surface area contributed by atoms with Gasteiger partial charge in [-0.25, -0.2) is 14.7 Å². The van der Waals surface area contributed by atoms with Crippen molar-refractivity contribution < 1.29 is 29.3 Å². The predicted molar refractivity (Wildman–Crippen MR) is 116 cm³/mol. The van der Waals surface area contributed by atoms with E-state index in [1.54, 1.807) is 0 Å². The highest BCUT2D eigenvalue weighted by molar-refractivity contribution is 4.71. The van der Waals surface area contributed by atoms with E-state index in [0.29, 0.717) is 25.7 Å². The van der Waals surface area contributed by atoms with E-state index in [2.05, 4.69) is 20.8 Å². The van der Waals surface area contributed by atoms with Crippen molar-refractivity contribution >= 4 is 0 Å². The van der Waals surface area contributed by atoms with Gasteiger partial charge >= 0.3 is 5.97 Å². The Hall–Kier alpha value is -0.240. The van der Waals surface area contributed by atoms with Crippen molar-refractivity contribution in [1.29, 1.82) is 0 Å². The van der Waals surface area contributed by atoms with Crippen LogP contribution in [0.2, 0.25) is 0 Å². The van der Waals surface area contributed by atoms with E-state index < -0.39 is 5.97 Å². The van der Waals surface area contributed by atoms with Gasteiger partial charge in [0, 0.05) is 5.92 Å². The third-order valence-electron chi connectivity index (χ3n) is 4.55. The highest BCUT2D eigenvalue weighted by Crippen LogP contribution is 2.36. The second kappa shape index (κ2) is 19.7. The van der Waals surface area contributed by atoms with Crippen LogP contribution in [0.1, 0.15) is 112 Å². The lowest BCUT2D eigenvalue weighted by Crippen LogP contribution is -2.47. The number of rotatable bonds is 22. The van der Waals surface area contributed by atoms with E-state index in [1.165, 1.54) is 32.1 Å². The van der Waals surface area contributed by atoms with E-state index in [-0.39, 0.29) is 5.92 Å². The molecule has 0 aliphatic carbocycles. The van der Waals surface area contributed by atoms with Crippen LogP contribution in [0.25, 0.3) is 0 Å². The molecular formula is C23H48O6. The molecule has 0 aromatic rings. The first-order valence-corrected chi connectivity index (χ1v) is 12.0. The minimum atomic E-state index is -1.52. The second-order valence-electron chi connectivity index (χ2n) is 8.20. The molecule has 176 valence electrons. The molecule has 6 nitrogen and oxygen atoms in total. The Labute approximate surface area is 179 Å².